The minimum Gasteiger partial charge on any atom is -0.385 e. The zero-order valence-electron chi connectivity index (χ0n) is 13.7. The van der Waals surface area contributed by atoms with Crippen LogP contribution in [0.2, 0.25) is 0 Å². The van der Waals surface area contributed by atoms with Crippen LogP contribution >= 0.6 is 0 Å². The fourth-order valence-corrected chi connectivity index (χ4v) is 2.78. The van der Waals surface area contributed by atoms with E-state index in [1.807, 2.05) is 0 Å². The van der Waals surface area contributed by atoms with Crippen molar-refractivity contribution in [3.05, 3.63) is 47.8 Å². The van der Waals surface area contributed by atoms with Crippen LogP contribution in [0.4, 0.5) is 10.1 Å². The number of aryl methyl sites for hydroxylation is 1. The highest BCUT2D eigenvalue weighted by Crippen LogP contribution is 2.26. The number of aliphatic hydroxyl groups is 1. The van der Waals surface area contributed by atoms with Gasteiger partial charge in [-0.15, -0.1) is 0 Å². The summed E-state index contributed by atoms with van der Waals surface area (Å²) in [5.74, 6) is -1.47. The van der Waals surface area contributed by atoms with E-state index in [4.69, 9.17) is 0 Å². The Morgan fingerprint density at radius 2 is 2.36 bits per heavy atom. The molecule has 8 heteroatoms. The largest absolute Gasteiger partial charge is 0.385 e. The quantitative estimate of drug-likeness (QED) is 0.754. The van der Waals surface area contributed by atoms with Gasteiger partial charge in [-0.25, -0.2) is 9.37 Å². The van der Waals surface area contributed by atoms with Crippen molar-refractivity contribution >= 4 is 17.5 Å². The maximum Gasteiger partial charge on any atom is 0.227 e. The van der Waals surface area contributed by atoms with Gasteiger partial charge in [0.25, 0.3) is 0 Å². The van der Waals surface area contributed by atoms with Gasteiger partial charge in [-0.2, -0.15) is 0 Å². The summed E-state index contributed by atoms with van der Waals surface area (Å²) in [5, 5.41) is 12.6. The third kappa shape index (κ3) is 3.69. The number of aliphatic hydroxyl groups excluding tert-OH is 1. The standard InChI is InChI=1S/C17H19FN4O3/c1-10-2-3-12(5-13(10)18)22-8-11(4-16(22)24)17(25)20-7-15(23)14-6-19-9-21-14/h2-3,5-6,9,11,15,23H,4,7-8H2,1H3,(H,19,21)(H,20,25). The summed E-state index contributed by atoms with van der Waals surface area (Å²) in [6.07, 6.45) is 2.07. The molecule has 1 saturated heterocycles. The van der Waals surface area contributed by atoms with E-state index in [0.29, 0.717) is 16.9 Å². The number of H-pyrrole nitrogens is 1. The molecule has 1 aromatic carbocycles. The number of nitrogens with one attached hydrogen (secondary N) is 2. The van der Waals surface area contributed by atoms with Crippen LogP contribution in [0.5, 0.6) is 0 Å². The van der Waals surface area contributed by atoms with Crippen molar-refractivity contribution < 1.29 is 19.1 Å². The normalized spacial score (nSPS) is 18.4. The van der Waals surface area contributed by atoms with E-state index in [0.717, 1.165) is 0 Å². The molecule has 7 nitrogen and oxygen atoms in total. The van der Waals surface area contributed by atoms with Gasteiger partial charge in [0.1, 0.15) is 11.9 Å². The summed E-state index contributed by atoms with van der Waals surface area (Å²) in [5.41, 5.74) is 1.44. The molecular weight excluding hydrogens is 327 g/mol. The summed E-state index contributed by atoms with van der Waals surface area (Å²) < 4.78 is 13.7. The fourth-order valence-electron chi connectivity index (χ4n) is 2.78. The van der Waals surface area contributed by atoms with Gasteiger partial charge >= 0.3 is 0 Å². The molecule has 2 atom stereocenters. The number of anilines is 1. The lowest BCUT2D eigenvalue weighted by atomic mass is 10.1. The van der Waals surface area contributed by atoms with Crippen LogP contribution in [0.15, 0.2) is 30.7 Å². The molecule has 1 aliphatic heterocycles. The predicted octanol–water partition coefficient (Wildman–Crippen LogP) is 1.06. The number of benzene rings is 1. The number of amides is 2. The number of halogens is 1. The number of hydrogen-bond acceptors (Lipinski definition) is 4. The van der Waals surface area contributed by atoms with Crippen LogP contribution in [-0.4, -0.2) is 40.0 Å². The molecule has 25 heavy (non-hydrogen) atoms. The lowest BCUT2D eigenvalue weighted by molar-refractivity contribution is -0.126. The van der Waals surface area contributed by atoms with Crippen LogP contribution in [0.25, 0.3) is 0 Å². The van der Waals surface area contributed by atoms with Gasteiger partial charge in [0, 0.05) is 25.2 Å². The Labute approximate surface area is 143 Å². The van der Waals surface area contributed by atoms with Gasteiger partial charge in [0.2, 0.25) is 11.8 Å². The molecule has 1 aromatic heterocycles. The highest BCUT2D eigenvalue weighted by Gasteiger charge is 2.35. The second-order valence-electron chi connectivity index (χ2n) is 6.11. The molecule has 2 amide bonds. The summed E-state index contributed by atoms with van der Waals surface area (Å²) in [6.45, 7) is 1.85. The first-order chi connectivity index (χ1) is 12.0. The van der Waals surface area contributed by atoms with Gasteiger partial charge in [-0.05, 0) is 24.6 Å². The average molecular weight is 346 g/mol. The maximum absolute atomic E-state index is 13.7. The first kappa shape index (κ1) is 17.1. The lowest BCUT2D eigenvalue weighted by Gasteiger charge is -2.17. The molecule has 2 aromatic rings. The smallest absolute Gasteiger partial charge is 0.227 e. The number of aromatic nitrogens is 2. The third-order valence-corrected chi connectivity index (χ3v) is 4.31. The molecule has 0 bridgehead atoms. The number of carbonyl (C=O) groups excluding carboxylic acids is 2. The molecule has 0 aliphatic carbocycles. The summed E-state index contributed by atoms with van der Waals surface area (Å²) >= 11 is 0. The number of hydrogen-bond donors (Lipinski definition) is 3. The minimum atomic E-state index is -0.897. The molecule has 3 N–H and O–H groups in total. The van der Waals surface area contributed by atoms with Gasteiger partial charge in [0.05, 0.1) is 24.1 Å². The highest BCUT2D eigenvalue weighted by atomic mass is 19.1. The molecule has 2 unspecified atom stereocenters. The third-order valence-electron chi connectivity index (χ3n) is 4.31. The minimum absolute atomic E-state index is 0.0187. The van der Waals surface area contributed by atoms with Crippen LogP contribution in [-0.2, 0) is 9.59 Å². The Balaban J connectivity index is 1.59. The van der Waals surface area contributed by atoms with E-state index in [2.05, 4.69) is 15.3 Å². The second kappa shape index (κ2) is 7.02. The van der Waals surface area contributed by atoms with Crippen molar-refractivity contribution in [2.24, 2.45) is 5.92 Å². The van der Waals surface area contributed by atoms with E-state index >= 15 is 0 Å². The van der Waals surface area contributed by atoms with Crippen molar-refractivity contribution in [2.45, 2.75) is 19.4 Å². The van der Waals surface area contributed by atoms with Crippen molar-refractivity contribution in [1.82, 2.24) is 15.3 Å². The Kier molecular flexibility index (Phi) is 4.80. The Morgan fingerprint density at radius 3 is 3.04 bits per heavy atom. The number of imidazole rings is 1. The van der Waals surface area contributed by atoms with E-state index < -0.39 is 12.0 Å². The molecule has 3 rings (SSSR count). The van der Waals surface area contributed by atoms with Crippen molar-refractivity contribution in [2.75, 3.05) is 18.0 Å². The molecule has 132 valence electrons. The van der Waals surface area contributed by atoms with E-state index in [1.165, 1.54) is 23.5 Å². The zero-order chi connectivity index (χ0) is 18.0. The number of rotatable bonds is 5. The first-order valence-electron chi connectivity index (χ1n) is 7.96. The van der Waals surface area contributed by atoms with Gasteiger partial charge in [-0.1, -0.05) is 6.07 Å². The Hall–Kier alpha value is -2.74. The monoisotopic (exact) mass is 346 g/mol. The van der Waals surface area contributed by atoms with Crippen molar-refractivity contribution in [1.29, 1.82) is 0 Å². The van der Waals surface area contributed by atoms with Crippen LogP contribution < -0.4 is 10.2 Å². The second-order valence-corrected chi connectivity index (χ2v) is 6.11. The molecule has 0 spiro atoms. The number of nitrogens with zero attached hydrogens (tertiary/aromatic N) is 2. The average Bonchev–Trinajstić information content (AvgIpc) is 3.24. The van der Waals surface area contributed by atoms with Gasteiger partial charge < -0.3 is 20.3 Å². The molecular formula is C17H19FN4O3. The Bertz CT molecular complexity index is 778. The molecule has 0 saturated carbocycles. The first-order valence-corrected chi connectivity index (χ1v) is 7.96. The lowest BCUT2D eigenvalue weighted by Crippen LogP contribution is -2.35. The topological polar surface area (TPSA) is 98.3 Å². The SMILES string of the molecule is Cc1ccc(N2CC(C(=O)NCC(O)c3cnc[nH]3)CC2=O)cc1F. The highest BCUT2D eigenvalue weighted by molar-refractivity contribution is 6.00. The van der Waals surface area contributed by atoms with Crippen LogP contribution in [0, 0.1) is 18.7 Å². The summed E-state index contributed by atoms with van der Waals surface area (Å²) in [6, 6.07) is 4.57. The van der Waals surface area contributed by atoms with Crippen LogP contribution in [0.1, 0.15) is 23.8 Å². The van der Waals surface area contributed by atoms with Crippen LogP contribution in [0.3, 0.4) is 0 Å². The van der Waals surface area contributed by atoms with E-state index in [-0.39, 0.29) is 37.1 Å². The van der Waals surface area contributed by atoms with Crippen molar-refractivity contribution in [3.63, 3.8) is 0 Å². The molecule has 1 fully saturated rings. The molecule has 0 radical (unpaired) electrons. The Morgan fingerprint density at radius 1 is 1.56 bits per heavy atom. The van der Waals surface area contributed by atoms with Gasteiger partial charge in [0.15, 0.2) is 0 Å². The maximum atomic E-state index is 13.7. The fraction of sp³-hybridized carbons (Fsp3) is 0.353. The van der Waals surface area contributed by atoms with E-state index in [9.17, 15) is 19.1 Å². The zero-order valence-corrected chi connectivity index (χ0v) is 13.7. The predicted molar refractivity (Wildman–Crippen MR) is 88.2 cm³/mol. The molecule has 1 aliphatic rings. The summed E-state index contributed by atoms with van der Waals surface area (Å²) in [7, 11) is 0. The summed E-state index contributed by atoms with van der Waals surface area (Å²) in [4.78, 5) is 32.4. The number of carbonyl (C=O) groups is 2. The van der Waals surface area contributed by atoms with Crippen molar-refractivity contribution in [3.8, 4) is 0 Å². The van der Waals surface area contributed by atoms with E-state index in [1.54, 1.807) is 19.1 Å². The van der Waals surface area contributed by atoms with Gasteiger partial charge in [-0.3, -0.25) is 9.59 Å². The molecule has 2 heterocycles. The number of aromatic amines is 1.